The number of hydrogen-bond acceptors (Lipinski definition) is 3. The quantitative estimate of drug-likeness (QED) is 0.672. The summed E-state index contributed by atoms with van der Waals surface area (Å²) in [6.45, 7) is 6.54. The minimum absolute atomic E-state index is 0.0938. The van der Waals surface area contributed by atoms with Crippen molar-refractivity contribution >= 4 is 22.6 Å². The van der Waals surface area contributed by atoms with Gasteiger partial charge in [0.05, 0.1) is 11.1 Å². The molecule has 0 spiro atoms. The Labute approximate surface area is 125 Å². The van der Waals surface area contributed by atoms with Gasteiger partial charge in [0.2, 0.25) is 0 Å². The van der Waals surface area contributed by atoms with Crippen LogP contribution in [0.15, 0.2) is 30.3 Å². The summed E-state index contributed by atoms with van der Waals surface area (Å²) in [6.07, 6.45) is 1.18. The Kier molecular flexibility index (Phi) is 3.53. The average molecular weight is 282 g/mol. The Morgan fingerprint density at radius 2 is 2.14 bits per heavy atom. The van der Waals surface area contributed by atoms with E-state index < -0.39 is 0 Å². The van der Waals surface area contributed by atoms with Crippen molar-refractivity contribution in [2.45, 2.75) is 20.3 Å². The van der Waals surface area contributed by atoms with E-state index in [2.05, 4.69) is 18.7 Å². The SMILES string of the molecule is CC(C)C1CCN(c2nc3ccccc3cc2C(=N)N)C1. The normalized spacial score (nSPS) is 18.6. The fourth-order valence-electron chi connectivity index (χ4n) is 3.07. The number of hydrogen-bond donors (Lipinski definition) is 2. The summed E-state index contributed by atoms with van der Waals surface area (Å²) in [5.74, 6) is 2.33. The van der Waals surface area contributed by atoms with Gasteiger partial charge in [0.15, 0.2) is 0 Å². The van der Waals surface area contributed by atoms with Crippen LogP contribution in [0.5, 0.6) is 0 Å². The topological polar surface area (TPSA) is 66.0 Å². The highest BCUT2D eigenvalue weighted by Crippen LogP contribution is 2.30. The molecule has 4 nitrogen and oxygen atoms in total. The molecule has 0 radical (unpaired) electrons. The fourth-order valence-corrected chi connectivity index (χ4v) is 3.07. The van der Waals surface area contributed by atoms with Gasteiger partial charge in [-0.05, 0) is 30.4 Å². The number of rotatable bonds is 3. The molecule has 4 heteroatoms. The lowest BCUT2D eigenvalue weighted by molar-refractivity contribution is 0.422. The molecule has 1 aliphatic heterocycles. The molecular formula is C17H22N4. The Hall–Kier alpha value is -2.10. The summed E-state index contributed by atoms with van der Waals surface area (Å²) in [6, 6.07) is 9.99. The van der Waals surface area contributed by atoms with Crippen molar-refractivity contribution in [2.24, 2.45) is 17.6 Å². The fraction of sp³-hybridized carbons (Fsp3) is 0.412. The summed E-state index contributed by atoms with van der Waals surface area (Å²) in [4.78, 5) is 7.06. The Balaban J connectivity index is 2.04. The van der Waals surface area contributed by atoms with E-state index in [1.165, 1.54) is 6.42 Å². The van der Waals surface area contributed by atoms with Crippen LogP contribution in [-0.2, 0) is 0 Å². The number of para-hydroxylation sites is 1. The number of nitrogens with two attached hydrogens (primary N) is 1. The molecule has 1 unspecified atom stereocenters. The number of anilines is 1. The molecule has 1 aromatic carbocycles. The van der Waals surface area contributed by atoms with Gasteiger partial charge in [0.25, 0.3) is 0 Å². The van der Waals surface area contributed by atoms with Crippen LogP contribution in [-0.4, -0.2) is 23.9 Å². The van der Waals surface area contributed by atoms with Crippen LogP contribution in [0.1, 0.15) is 25.8 Å². The van der Waals surface area contributed by atoms with Crippen molar-refractivity contribution in [3.8, 4) is 0 Å². The number of nitrogen functional groups attached to an aromatic ring is 1. The van der Waals surface area contributed by atoms with E-state index in [0.717, 1.165) is 35.4 Å². The summed E-state index contributed by atoms with van der Waals surface area (Å²) in [7, 11) is 0. The Morgan fingerprint density at radius 1 is 1.38 bits per heavy atom. The van der Waals surface area contributed by atoms with Gasteiger partial charge >= 0.3 is 0 Å². The zero-order chi connectivity index (χ0) is 15.0. The first kappa shape index (κ1) is 13.9. The molecule has 1 aromatic heterocycles. The third-order valence-electron chi connectivity index (χ3n) is 4.46. The van der Waals surface area contributed by atoms with Crippen molar-refractivity contribution in [3.63, 3.8) is 0 Å². The molecule has 2 aromatic rings. The number of amidine groups is 1. The van der Waals surface area contributed by atoms with Gasteiger partial charge in [-0.25, -0.2) is 4.98 Å². The molecule has 0 bridgehead atoms. The zero-order valence-electron chi connectivity index (χ0n) is 12.6. The lowest BCUT2D eigenvalue weighted by Crippen LogP contribution is -2.26. The summed E-state index contributed by atoms with van der Waals surface area (Å²) in [5.41, 5.74) is 7.50. The molecule has 1 atom stereocenters. The smallest absolute Gasteiger partial charge is 0.140 e. The van der Waals surface area contributed by atoms with Crippen molar-refractivity contribution in [1.29, 1.82) is 5.41 Å². The third-order valence-corrected chi connectivity index (χ3v) is 4.46. The maximum absolute atomic E-state index is 7.86. The molecule has 0 saturated carbocycles. The van der Waals surface area contributed by atoms with Crippen LogP contribution < -0.4 is 10.6 Å². The lowest BCUT2D eigenvalue weighted by atomic mass is 9.95. The second-order valence-corrected chi connectivity index (χ2v) is 6.20. The molecule has 3 rings (SSSR count). The molecule has 1 saturated heterocycles. The van der Waals surface area contributed by atoms with Crippen LogP contribution in [0.3, 0.4) is 0 Å². The second-order valence-electron chi connectivity index (χ2n) is 6.20. The van der Waals surface area contributed by atoms with E-state index in [1.54, 1.807) is 0 Å². The van der Waals surface area contributed by atoms with E-state index in [1.807, 2.05) is 30.3 Å². The monoisotopic (exact) mass is 282 g/mol. The lowest BCUT2D eigenvalue weighted by Gasteiger charge is -2.22. The van der Waals surface area contributed by atoms with Crippen LogP contribution in [0.4, 0.5) is 5.82 Å². The zero-order valence-corrected chi connectivity index (χ0v) is 12.6. The third kappa shape index (κ3) is 2.58. The van der Waals surface area contributed by atoms with Gasteiger partial charge in [0, 0.05) is 18.5 Å². The van der Waals surface area contributed by atoms with Crippen molar-refractivity contribution in [3.05, 3.63) is 35.9 Å². The molecule has 1 fully saturated rings. The molecular weight excluding hydrogens is 260 g/mol. The van der Waals surface area contributed by atoms with Crippen LogP contribution >= 0.6 is 0 Å². The highest BCUT2D eigenvalue weighted by Gasteiger charge is 2.27. The highest BCUT2D eigenvalue weighted by atomic mass is 15.2. The van der Waals surface area contributed by atoms with Crippen molar-refractivity contribution < 1.29 is 0 Å². The number of pyridine rings is 1. The number of aromatic nitrogens is 1. The van der Waals surface area contributed by atoms with Gasteiger partial charge in [0.1, 0.15) is 11.7 Å². The molecule has 0 amide bonds. The van der Waals surface area contributed by atoms with Gasteiger partial charge in [-0.15, -0.1) is 0 Å². The summed E-state index contributed by atoms with van der Waals surface area (Å²) < 4.78 is 0. The van der Waals surface area contributed by atoms with Crippen LogP contribution in [0.25, 0.3) is 10.9 Å². The van der Waals surface area contributed by atoms with E-state index >= 15 is 0 Å². The van der Waals surface area contributed by atoms with Crippen molar-refractivity contribution in [1.82, 2.24) is 4.98 Å². The molecule has 2 heterocycles. The molecule has 3 N–H and O–H groups in total. The number of nitrogens with zero attached hydrogens (tertiary/aromatic N) is 2. The van der Waals surface area contributed by atoms with Crippen molar-refractivity contribution in [2.75, 3.05) is 18.0 Å². The minimum Gasteiger partial charge on any atom is -0.384 e. The Bertz CT molecular complexity index is 678. The van der Waals surface area contributed by atoms with Gasteiger partial charge in [-0.3, -0.25) is 5.41 Å². The molecule has 0 aliphatic carbocycles. The van der Waals surface area contributed by atoms with E-state index in [0.29, 0.717) is 11.8 Å². The average Bonchev–Trinajstić information content (AvgIpc) is 2.95. The summed E-state index contributed by atoms with van der Waals surface area (Å²) in [5, 5.41) is 8.89. The number of fused-ring (bicyclic) bond motifs is 1. The van der Waals surface area contributed by atoms with Gasteiger partial charge < -0.3 is 10.6 Å². The van der Waals surface area contributed by atoms with E-state index in [-0.39, 0.29) is 5.84 Å². The van der Waals surface area contributed by atoms with Crippen LogP contribution in [0.2, 0.25) is 0 Å². The maximum Gasteiger partial charge on any atom is 0.140 e. The van der Waals surface area contributed by atoms with Gasteiger partial charge in [-0.1, -0.05) is 32.0 Å². The van der Waals surface area contributed by atoms with Gasteiger partial charge in [-0.2, -0.15) is 0 Å². The standard InChI is InChI=1S/C17H22N4/c1-11(2)13-7-8-21(10-13)17-14(16(18)19)9-12-5-3-4-6-15(12)20-17/h3-6,9,11,13H,7-8,10H2,1-2H3,(H3,18,19). The first-order valence-electron chi connectivity index (χ1n) is 7.55. The second kappa shape index (κ2) is 5.35. The first-order chi connectivity index (χ1) is 10.1. The van der Waals surface area contributed by atoms with E-state index in [4.69, 9.17) is 16.1 Å². The van der Waals surface area contributed by atoms with Crippen LogP contribution in [0, 0.1) is 17.2 Å². The predicted octanol–water partition coefficient (Wildman–Crippen LogP) is 3.00. The molecule has 21 heavy (non-hydrogen) atoms. The number of benzene rings is 1. The number of nitrogens with one attached hydrogen (secondary N) is 1. The predicted molar refractivity (Wildman–Crippen MR) is 87.9 cm³/mol. The first-order valence-corrected chi connectivity index (χ1v) is 7.55. The largest absolute Gasteiger partial charge is 0.384 e. The highest BCUT2D eigenvalue weighted by molar-refractivity contribution is 6.03. The maximum atomic E-state index is 7.86. The van der Waals surface area contributed by atoms with E-state index in [9.17, 15) is 0 Å². The summed E-state index contributed by atoms with van der Waals surface area (Å²) >= 11 is 0. The molecule has 110 valence electrons. The molecule has 1 aliphatic rings. The Morgan fingerprint density at radius 3 is 2.81 bits per heavy atom. The minimum atomic E-state index is 0.0938.